The predicted molar refractivity (Wildman–Crippen MR) is 95.2 cm³/mol. The summed E-state index contributed by atoms with van der Waals surface area (Å²) in [6, 6.07) is 7.50. The summed E-state index contributed by atoms with van der Waals surface area (Å²) >= 11 is 6.11. The summed E-state index contributed by atoms with van der Waals surface area (Å²) < 4.78 is 10.5. The number of amides is 1. The van der Waals surface area contributed by atoms with Gasteiger partial charge in [-0.3, -0.25) is 4.79 Å². The topological polar surface area (TPSA) is 60.5 Å². The maximum atomic E-state index is 12.2. The molecule has 0 bridgehead atoms. The van der Waals surface area contributed by atoms with Crippen LogP contribution in [0.4, 0.5) is 5.69 Å². The molecular formula is C18H21ClN2O3. The number of pyridine rings is 1. The van der Waals surface area contributed by atoms with Gasteiger partial charge < -0.3 is 14.8 Å². The summed E-state index contributed by atoms with van der Waals surface area (Å²) in [7, 11) is 3.18. The smallest absolute Gasteiger partial charge is 0.224 e. The van der Waals surface area contributed by atoms with Gasteiger partial charge >= 0.3 is 0 Å². The summed E-state index contributed by atoms with van der Waals surface area (Å²) in [6.07, 6.45) is 0.918. The van der Waals surface area contributed by atoms with E-state index in [1.807, 2.05) is 38.1 Å². The van der Waals surface area contributed by atoms with Crippen molar-refractivity contribution < 1.29 is 14.3 Å². The molecule has 1 heterocycles. The maximum Gasteiger partial charge on any atom is 0.224 e. The highest BCUT2D eigenvalue weighted by atomic mass is 35.5. The highest BCUT2D eigenvalue weighted by Crippen LogP contribution is 2.28. The molecule has 0 spiro atoms. The highest BCUT2D eigenvalue weighted by Gasteiger charge is 2.11. The standard InChI is InChI=1S/C18H21ClN2O3/c1-11-9-12(2)20-18(19)17(11)21-16(22)8-6-13-5-7-14(23-3)15(10-13)24-4/h5,7,9-10H,6,8H2,1-4H3,(H,21,22). The lowest BCUT2D eigenvalue weighted by atomic mass is 10.1. The summed E-state index contributed by atoms with van der Waals surface area (Å²) in [5.41, 5.74) is 3.28. The number of aryl methyl sites for hydroxylation is 3. The largest absolute Gasteiger partial charge is 0.493 e. The molecule has 2 rings (SSSR count). The first-order valence-corrected chi connectivity index (χ1v) is 7.97. The van der Waals surface area contributed by atoms with Gasteiger partial charge in [0.1, 0.15) is 0 Å². The van der Waals surface area contributed by atoms with Crippen molar-refractivity contribution >= 4 is 23.2 Å². The van der Waals surface area contributed by atoms with E-state index in [4.69, 9.17) is 21.1 Å². The van der Waals surface area contributed by atoms with E-state index >= 15 is 0 Å². The van der Waals surface area contributed by atoms with Crippen molar-refractivity contribution in [2.45, 2.75) is 26.7 Å². The number of halogens is 1. The second kappa shape index (κ2) is 8.02. The van der Waals surface area contributed by atoms with Crippen molar-refractivity contribution in [3.05, 3.63) is 46.2 Å². The minimum atomic E-state index is -0.111. The van der Waals surface area contributed by atoms with Crippen LogP contribution in [-0.2, 0) is 11.2 Å². The lowest BCUT2D eigenvalue weighted by Gasteiger charge is -2.12. The van der Waals surface area contributed by atoms with Gasteiger partial charge in [0.2, 0.25) is 5.91 Å². The third-order valence-electron chi connectivity index (χ3n) is 3.65. The summed E-state index contributed by atoms with van der Waals surface area (Å²) in [5, 5.41) is 3.15. The molecule has 1 amide bonds. The molecule has 0 radical (unpaired) electrons. The average Bonchev–Trinajstić information content (AvgIpc) is 2.55. The van der Waals surface area contributed by atoms with Gasteiger partial charge in [-0.1, -0.05) is 17.7 Å². The fraction of sp³-hybridized carbons (Fsp3) is 0.333. The number of carbonyl (C=O) groups excluding carboxylic acids is 1. The molecule has 5 nitrogen and oxygen atoms in total. The third-order valence-corrected chi connectivity index (χ3v) is 3.93. The maximum absolute atomic E-state index is 12.2. The van der Waals surface area contributed by atoms with Gasteiger partial charge in [0.15, 0.2) is 16.7 Å². The van der Waals surface area contributed by atoms with Gasteiger partial charge in [-0.15, -0.1) is 0 Å². The van der Waals surface area contributed by atoms with Crippen LogP contribution in [0.3, 0.4) is 0 Å². The zero-order valence-corrected chi connectivity index (χ0v) is 15.0. The minimum Gasteiger partial charge on any atom is -0.493 e. The van der Waals surface area contributed by atoms with E-state index in [2.05, 4.69) is 10.3 Å². The molecule has 0 aliphatic heterocycles. The van der Waals surface area contributed by atoms with Gasteiger partial charge in [0.05, 0.1) is 19.9 Å². The molecule has 128 valence electrons. The van der Waals surface area contributed by atoms with Gasteiger partial charge in [-0.2, -0.15) is 0 Å². The van der Waals surface area contributed by atoms with Crippen LogP contribution in [0.25, 0.3) is 0 Å². The Kier molecular flexibility index (Phi) is 6.04. The molecule has 6 heteroatoms. The molecule has 1 aromatic carbocycles. The van der Waals surface area contributed by atoms with E-state index in [1.54, 1.807) is 14.2 Å². The van der Waals surface area contributed by atoms with Crippen molar-refractivity contribution in [1.29, 1.82) is 0 Å². The monoisotopic (exact) mass is 348 g/mol. The molecule has 0 aliphatic rings. The van der Waals surface area contributed by atoms with Crippen molar-refractivity contribution in [1.82, 2.24) is 4.98 Å². The first-order valence-electron chi connectivity index (χ1n) is 7.59. The number of hydrogen-bond donors (Lipinski definition) is 1. The van der Waals surface area contributed by atoms with Crippen LogP contribution in [0.2, 0.25) is 5.15 Å². The van der Waals surface area contributed by atoms with E-state index in [1.165, 1.54) is 0 Å². The van der Waals surface area contributed by atoms with E-state index in [0.29, 0.717) is 35.2 Å². The van der Waals surface area contributed by atoms with Crippen LogP contribution in [0, 0.1) is 13.8 Å². The Labute approximate surface area is 147 Å². The van der Waals surface area contributed by atoms with E-state index in [0.717, 1.165) is 16.8 Å². The molecule has 0 fully saturated rings. The van der Waals surface area contributed by atoms with E-state index in [-0.39, 0.29) is 5.91 Å². The highest BCUT2D eigenvalue weighted by molar-refractivity contribution is 6.32. The lowest BCUT2D eigenvalue weighted by molar-refractivity contribution is -0.116. The first kappa shape index (κ1) is 18.1. The van der Waals surface area contributed by atoms with Crippen molar-refractivity contribution in [2.75, 3.05) is 19.5 Å². The Balaban J connectivity index is 2.01. The van der Waals surface area contributed by atoms with Crippen LogP contribution in [0.5, 0.6) is 11.5 Å². The molecule has 0 aliphatic carbocycles. The third kappa shape index (κ3) is 4.38. The number of methoxy groups -OCH3 is 2. The number of anilines is 1. The minimum absolute atomic E-state index is 0.111. The number of carbonyl (C=O) groups is 1. The fourth-order valence-electron chi connectivity index (χ4n) is 2.44. The number of ether oxygens (including phenoxy) is 2. The number of rotatable bonds is 6. The zero-order chi connectivity index (χ0) is 17.7. The lowest BCUT2D eigenvalue weighted by Crippen LogP contribution is -2.14. The number of nitrogens with one attached hydrogen (secondary N) is 1. The Morgan fingerprint density at radius 3 is 2.50 bits per heavy atom. The summed E-state index contributed by atoms with van der Waals surface area (Å²) in [4.78, 5) is 16.4. The second-order valence-corrected chi connectivity index (χ2v) is 5.84. The van der Waals surface area contributed by atoms with Crippen LogP contribution >= 0.6 is 11.6 Å². The van der Waals surface area contributed by atoms with Gasteiger partial charge in [-0.25, -0.2) is 4.98 Å². The molecule has 1 aromatic heterocycles. The Hall–Kier alpha value is -2.27. The molecule has 0 saturated carbocycles. The van der Waals surface area contributed by atoms with Gasteiger partial charge in [0, 0.05) is 12.1 Å². The van der Waals surface area contributed by atoms with Gasteiger partial charge in [-0.05, 0) is 49.6 Å². The summed E-state index contributed by atoms with van der Waals surface area (Å²) in [6.45, 7) is 3.76. The van der Waals surface area contributed by atoms with Crippen LogP contribution in [-0.4, -0.2) is 25.1 Å². The first-order chi connectivity index (χ1) is 11.4. The Morgan fingerprint density at radius 2 is 1.88 bits per heavy atom. The number of aromatic nitrogens is 1. The van der Waals surface area contributed by atoms with Crippen molar-refractivity contribution in [3.63, 3.8) is 0 Å². The average molecular weight is 349 g/mol. The summed E-state index contributed by atoms with van der Waals surface area (Å²) in [5.74, 6) is 1.20. The van der Waals surface area contributed by atoms with Gasteiger partial charge in [0.25, 0.3) is 0 Å². The Bertz CT molecular complexity index is 724. The second-order valence-electron chi connectivity index (χ2n) is 5.48. The Morgan fingerprint density at radius 1 is 1.17 bits per heavy atom. The number of hydrogen-bond acceptors (Lipinski definition) is 4. The molecular weight excluding hydrogens is 328 g/mol. The number of benzene rings is 1. The van der Waals surface area contributed by atoms with Crippen molar-refractivity contribution in [2.24, 2.45) is 0 Å². The molecule has 24 heavy (non-hydrogen) atoms. The quantitative estimate of drug-likeness (QED) is 0.803. The van der Waals surface area contributed by atoms with Crippen LogP contribution in [0.1, 0.15) is 23.2 Å². The van der Waals surface area contributed by atoms with Crippen molar-refractivity contribution in [3.8, 4) is 11.5 Å². The van der Waals surface area contributed by atoms with Crippen LogP contribution < -0.4 is 14.8 Å². The normalized spacial score (nSPS) is 10.4. The van der Waals surface area contributed by atoms with E-state index in [9.17, 15) is 4.79 Å². The molecule has 0 unspecified atom stereocenters. The van der Waals surface area contributed by atoms with Crippen LogP contribution in [0.15, 0.2) is 24.3 Å². The van der Waals surface area contributed by atoms with E-state index < -0.39 is 0 Å². The molecule has 0 saturated heterocycles. The number of nitrogens with zero attached hydrogens (tertiary/aromatic N) is 1. The zero-order valence-electron chi connectivity index (χ0n) is 14.3. The molecule has 2 aromatic rings. The predicted octanol–water partition coefficient (Wildman–Crippen LogP) is 3.94. The SMILES string of the molecule is COc1ccc(CCC(=O)Nc2c(C)cc(C)nc2Cl)cc1OC. The fourth-order valence-corrected chi connectivity index (χ4v) is 2.77. The molecule has 1 N–H and O–H groups in total. The molecule has 0 atom stereocenters.